The number of carbonyl (C=O) groups excluding carboxylic acids is 2. The van der Waals surface area contributed by atoms with Crippen LogP contribution in [-0.4, -0.2) is 29.4 Å². The Morgan fingerprint density at radius 3 is 2.36 bits per heavy atom. The van der Waals surface area contributed by atoms with Crippen LogP contribution in [0.4, 0.5) is 11.4 Å². The lowest BCUT2D eigenvalue weighted by molar-refractivity contribution is -0.122. The molecule has 2 heterocycles. The summed E-state index contributed by atoms with van der Waals surface area (Å²) < 4.78 is 0. The fourth-order valence-electron chi connectivity index (χ4n) is 3.01. The summed E-state index contributed by atoms with van der Waals surface area (Å²) in [6.07, 6.45) is 1.74. The third-order valence-corrected chi connectivity index (χ3v) is 4.24. The lowest BCUT2D eigenvalue weighted by Crippen LogP contribution is -2.61. The van der Waals surface area contributed by atoms with Gasteiger partial charge in [-0.1, -0.05) is 12.1 Å². The summed E-state index contributed by atoms with van der Waals surface area (Å²) >= 11 is 0. The first-order valence-corrected chi connectivity index (χ1v) is 7.21. The number of amides is 2. The van der Waals surface area contributed by atoms with Crippen LogP contribution in [0.25, 0.3) is 0 Å². The number of para-hydroxylation sites is 2. The molecule has 0 saturated carbocycles. The zero-order valence-corrected chi connectivity index (χ0v) is 13.2. The smallest absolute Gasteiger partial charge is 0.275 e. The summed E-state index contributed by atoms with van der Waals surface area (Å²) in [6, 6.07) is 9.31. The Kier molecular flexibility index (Phi) is 3.09. The Morgan fingerprint density at radius 1 is 1.14 bits per heavy atom. The van der Waals surface area contributed by atoms with Gasteiger partial charge in [-0.05, 0) is 44.5 Å². The topological polar surface area (TPSA) is 56.4 Å². The molecule has 0 radical (unpaired) electrons. The van der Waals surface area contributed by atoms with E-state index >= 15 is 0 Å². The number of hydrogen-bond donors (Lipinski definition) is 1. The number of nitrogens with zero attached hydrogens (tertiary/aromatic N) is 2. The zero-order chi connectivity index (χ0) is 16.1. The van der Waals surface area contributed by atoms with E-state index in [2.05, 4.69) is 4.98 Å². The number of aryl methyl sites for hydroxylation is 1. The molecule has 1 N–H and O–H groups in total. The first-order chi connectivity index (χ1) is 10.4. The van der Waals surface area contributed by atoms with Crippen molar-refractivity contribution in [2.45, 2.75) is 26.3 Å². The number of benzene rings is 1. The van der Waals surface area contributed by atoms with Gasteiger partial charge in [-0.25, -0.2) is 0 Å². The van der Waals surface area contributed by atoms with Gasteiger partial charge < -0.3 is 9.88 Å². The standard InChI is InChI=1S/C17H19N3O2/c1-11-9-10-18-14(11)15(21)20-13-8-6-5-7-12(13)19(4)16(22)17(20,2)3/h5-10,18H,1-4H3. The van der Waals surface area contributed by atoms with Crippen LogP contribution in [-0.2, 0) is 4.79 Å². The van der Waals surface area contributed by atoms with Crippen LogP contribution in [0, 0.1) is 6.92 Å². The predicted octanol–water partition coefficient (Wildman–Crippen LogP) is 2.72. The Hall–Kier alpha value is -2.56. The van der Waals surface area contributed by atoms with Crippen LogP contribution in [0.1, 0.15) is 29.9 Å². The SMILES string of the molecule is Cc1cc[nH]c1C(=O)N1c2ccccc2N(C)C(=O)C1(C)C. The van der Waals surface area contributed by atoms with Crippen LogP contribution in [0.3, 0.4) is 0 Å². The van der Waals surface area contributed by atoms with Gasteiger partial charge in [0.1, 0.15) is 11.2 Å². The van der Waals surface area contributed by atoms with Gasteiger partial charge in [0, 0.05) is 13.2 Å². The van der Waals surface area contributed by atoms with E-state index in [1.54, 1.807) is 36.9 Å². The first kappa shape index (κ1) is 14.4. The maximum absolute atomic E-state index is 13.0. The van der Waals surface area contributed by atoms with Crippen LogP contribution in [0.15, 0.2) is 36.5 Å². The molecule has 5 heteroatoms. The fourth-order valence-corrected chi connectivity index (χ4v) is 3.01. The average Bonchev–Trinajstić information content (AvgIpc) is 2.91. The van der Waals surface area contributed by atoms with Crippen LogP contribution >= 0.6 is 0 Å². The van der Waals surface area contributed by atoms with Gasteiger partial charge in [0.05, 0.1) is 11.4 Å². The molecule has 3 rings (SSSR count). The number of nitrogens with one attached hydrogen (secondary N) is 1. The highest BCUT2D eigenvalue weighted by Crippen LogP contribution is 2.40. The normalized spacial score (nSPS) is 16.6. The molecular weight excluding hydrogens is 278 g/mol. The third-order valence-electron chi connectivity index (χ3n) is 4.24. The maximum Gasteiger partial charge on any atom is 0.275 e. The van der Waals surface area contributed by atoms with Gasteiger partial charge in [0.25, 0.3) is 11.8 Å². The first-order valence-electron chi connectivity index (χ1n) is 7.21. The van der Waals surface area contributed by atoms with Crippen molar-refractivity contribution in [1.82, 2.24) is 4.98 Å². The molecule has 0 spiro atoms. The fraction of sp³-hybridized carbons (Fsp3) is 0.294. The number of fused-ring (bicyclic) bond motifs is 1. The number of rotatable bonds is 1. The van der Waals surface area contributed by atoms with Crippen molar-refractivity contribution in [1.29, 1.82) is 0 Å². The molecule has 22 heavy (non-hydrogen) atoms. The summed E-state index contributed by atoms with van der Waals surface area (Å²) in [7, 11) is 1.74. The predicted molar refractivity (Wildman–Crippen MR) is 86.3 cm³/mol. The minimum Gasteiger partial charge on any atom is -0.357 e. The minimum atomic E-state index is -0.947. The summed E-state index contributed by atoms with van der Waals surface area (Å²) in [5.74, 6) is -0.301. The van der Waals surface area contributed by atoms with Crippen molar-refractivity contribution >= 4 is 23.2 Å². The summed E-state index contributed by atoms with van der Waals surface area (Å²) in [5.41, 5.74) is 1.92. The van der Waals surface area contributed by atoms with E-state index in [0.717, 1.165) is 16.9 Å². The molecular formula is C17H19N3O2. The number of aromatic amines is 1. The van der Waals surface area contributed by atoms with Crippen molar-refractivity contribution in [3.63, 3.8) is 0 Å². The number of H-pyrrole nitrogens is 1. The van der Waals surface area contributed by atoms with E-state index in [4.69, 9.17) is 0 Å². The van der Waals surface area contributed by atoms with E-state index in [0.29, 0.717) is 5.69 Å². The molecule has 0 atom stereocenters. The summed E-state index contributed by atoms with van der Waals surface area (Å²) in [5, 5.41) is 0. The molecule has 0 fully saturated rings. The summed E-state index contributed by atoms with van der Waals surface area (Å²) in [4.78, 5) is 31.9. The van der Waals surface area contributed by atoms with E-state index in [1.165, 1.54) is 0 Å². The highest BCUT2D eigenvalue weighted by atomic mass is 16.2. The second kappa shape index (κ2) is 4.73. The van der Waals surface area contributed by atoms with Crippen LogP contribution in [0.2, 0.25) is 0 Å². The average molecular weight is 297 g/mol. The van der Waals surface area contributed by atoms with E-state index in [-0.39, 0.29) is 11.8 Å². The second-order valence-corrected chi connectivity index (χ2v) is 6.09. The van der Waals surface area contributed by atoms with Crippen molar-refractivity contribution < 1.29 is 9.59 Å². The van der Waals surface area contributed by atoms with Crippen LogP contribution < -0.4 is 9.80 Å². The molecule has 1 aliphatic rings. The maximum atomic E-state index is 13.0. The lowest BCUT2D eigenvalue weighted by atomic mass is 9.94. The Labute approximate surface area is 129 Å². The number of carbonyl (C=O) groups is 2. The quantitative estimate of drug-likeness (QED) is 0.880. The number of likely N-dealkylation sites (N-methyl/N-ethyl adjacent to an activating group) is 1. The minimum absolute atomic E-state index is 0.108. The van der Waals surface area contributed by atoms with Gasteiger partial charge in [-0.15, -0.1) is 0 Å². The molecule has 2 aromatic rings. The van der Waals surface area contributed by atoms with Crippen molar-refractivity contribution in [2.24, 2.45) is 0 Å². The van der Waals surface area contributed by atoms with Crippen LogP contribution in [0.5, 0.6) is 0 Å². The van der Waals surface area contributed by atoms with Gasteiger partial charge in [0.2, 0.25) is 0 Å². The van der Waals surface area contributed by atoms with E-state index in [1.807, 2.05) is 37.3 Å². The molecule has 1 aliphatic heterocycles. The Balaban J connectivity index is 2.20. The number of aromatic nitrogens is 1. The third kappa shape index (κ3) is 1.85. The molecule has 2 amide bonds. The molecule has 1 aromatic heterocycles. The number of hydrogen-bond acceptors (Lipinski definition) is 2. The Bertz CT molecular complexity index is 761. The highest BCUT2D eigenvalue weighted by molar-refractivity contribution is 6.18. The molecule has 114 valence electrons. The highest BCUT2D eigenvalue weighted by Gasteiger charge is 2.46. The molecule has 0 saturated heterocycles. The second-order valence-electron chi connectivity index (χ2n) is 6.09. The molecule has 1 aromatic carbocycles. The van der Waals surface area contributed by atoms with Gasteiger partial charge in [-0.2, -0.15) is 0 Å². The summed E-state index contributed by atoms with van der Waals surface area (Å²) in [6.45, 7) is 5.43. The molecule has 0 aliphatic carbocycles. The van der Waals surface area contributed by atoms with Gasteiger partial charge in [-0.3, -0.25) is 14.5 Å². The molecule has 0 bridgehead atoms. The molecule has 5 nitrogen and oxygen atoms in total. The lowest BCUT2D eigenvalue weighted by Gasteiger charge is -2.45. The van der Waals surface area contributed by atoms with Gasteiger partial charge in [0.15, 0.2) is 0 Å². The van der Waals surface area contributed by atoms with Crippen molar-refractivity contribution in [3.8, 4) is 0 Å². The monoisotopic (exact) mass is 297 g/mol. The van der Waals surface area contributed by atoms with Gasteiger partial charge >= 0.3 is 0 Å². The van der Waals surface area contributed by atoms with E-state index in [9.17, 15) is 9.59 Å². The largest absolute Gasteiger partial charge is 0.357 e. The molecule has 0 unspecified atom stereocenters. The van der Waals surface area contributed by atoms with Crippen molar-refractivity contribution in [3.05, 3.63) is 47.8 Å². The van der Waals surface area contributed by atoms with E-state index < -0.39 is 5.54 Å². The number of anilines is 2. The van der Waals surface area contributed by atoms with Crippen molar-refractivity contribution in [2.75, 3.05) is 16.8 Å². The Morgan fingerprint density at radius 2 is 1.77 bits per heavy atom. The zero-order valence-electron chi connectivity index (χ0n) is 13.2.